The molecule has 0 radical (unpaired) electrons. The highest BCUT2D eigenvalue weighted by molar-refractivity contribution is 5.92. The molecule has 1 aromatic carbocycles. The highest BCUT2D eigenvalue weighted by Crippen LogP contribution is 2.04. The third kappa shape index (κ3) is 5.14. The fourth-order valence-corrected chi connectivity index (χ4v) is 1.91. The van der Waals surface area contributed by atoms with Crippen LogP contribution in [0, 0.1) is 0 Å². The first-order valence-electron chi connectivity index (χ1n) is 7.16. The highest BCUT2D eigenvalue weighted by atomic mass is 16.5. The molecule has 2 aromatic rings. The molecule has 0 saturated carbocycles. The van der Waals surface area contributed by atoms with Gasteiger partial charge in [-0.15, -0.1) is 0 Å². The number of carbonyl (C=O) groups is 1. The molecule has 0 spiro atoms. The molecule has 0 unspecified atom stereocenters. The Morgan fingerprint density at radius 3 is 2.77 bits per heavy atom. The van der Waals surface area contributed by atoms with E-state index < -0.39 is 0 Å². The second-order valence-corrected chi connectivity index (χ2v) is 4.70. The summed E-state index contributed by atoms with van der Waals surface area (Å²) in [5, 5.41) is 5.93. The van der Waals surface area contributed by atoms with Crippen molar-refractivity contribution in [3.63, 3.8) is 0 Å². The minimum absolute atomic E-state index is 0.201. The molecule has 22 heavy (non-hydrogen) atoms. The first-order valence-corrected chi connectivity index (χ1v) is 7.16. The van der Waals surface area contributed by atoms with Crippen LogP contribution in [0.2, 0.25) is 0 Å². The number of rotatable bonds is 8. The van der Waals surface area contributed by atoms with Crippen LogP contribution in [0.15, 0.2) is 42.7 Å². The van der Waals surface area contributed by atoms with Gasteiger partial charge in [-0.2, -0.15) is 0 Å². The van der Waals surface area contributed by atoms with Crippen LogP contribution in [-0.4, -0.2) is 42.7 Å². The minimum Gasteiger partial charge on any atom is -0.383 e. The Hall–Kier alpha value is -2.47. The molecular formula is C16H20N4O2. The molecule has 1 heterocycles. The second-order valence-electron chi connectivity index (χ2n) is 4.70. The van der Waals surface area contributed by atoms with Crippen LogP contribution in [0.3, 0.4) is 0 Å². The van der Waals surface area contributed by atoms with Crippen molar-refractivity contribution in [3.05, 3.63) is 54.0 Å². The minimum atomic E-state index is -0.201. The van der Waals surface area contributed by atoms with Gasteiger partial charge < -0.3 is 15.4 Å². The average Bonchev–Trinajstić information content (AvgIpc) is 2.56. The van der Waals surface area contributed by atoms with Gasteiger partial charge in [0.2, 0.25) is 0 Å². The lowest BCUT2D eigenvalue weighted by atomic mass is 10.1. The Morgan fingerprint density at radius 1 is 1.18 bits per heavy atom. The highest BCUT2D eigenvalue weighted by Gasteiger charge is 2.08. The van der Waals surface area contributed by atoms with Crippen molar-refractivity contribution in [1.82, 2.24) is 15.3 Å². The number of aromatic nitrogens is 2. The van der Waals surface area contributed by atoms with Crippen LogP contribution >= 0.6 is 0 Å². The number of methoxy groups -OCH3 is 1. The van der Waals surface area contributed by atoms with Gasteiger partial charge in [0, 0.05) is 26.3 Å². The number of nitrogens with zero attached hydrogens (tertiary/aromatic N) is 2. The summed E-state index contributed by atoms with van der Waals surface area (Å²) in [6.45, 7) is 1.77. The van der Waals surface area contributed by atoms with E-state index in [0.29, 0.717) is 31.2 Å². The van der Waals surface area contributed by atoms with E-state index >= 15 is 0 Å². The topological polar surface area (TPSA) is 76.1 Å². The lowest BCUT2D eigenvalue weighted by Crippen LogP contribution is -2.26. The van der Waals surface area contributed by atoms with Crippen LogP contribution in [0.4, 0.5) is 5.82 Å². The van der Waals surface area contributed by atoms with Crippen molar-refractivity contribution >= 4 is 11.7 Å². The predicted molar refractivity (Wildman–Crippen MR) is 84.9 cm³/mol. The van der Waals surface area contributed by atoms with Gasteiger partial charge in [0.25, 0.3) is 5.91 Å². The smallest absolute Gasteiger partial charge is 0.270 e. The molecule has 2 N–H and O–H groups in total. The molecule has 0 aliphatic rings. The molecule has 0 saturated heterocycles. The number of amides is 1. The van der Waals surface area contributed by atoms with E-state index in [-0.39, 0.29) is 5.91 Å². The molecule has 2 rings (SSSR count). The SMILES string of the molecule is COCCNc1cc(C(=O)NCCc2ccccc2)ncn1. The summed E-state index contributed by atoms with van der Waals surface area (Å²) < 4.78 is 4.95. The maximum Gasteiger partial charge on any atom is 0.270 e. The van der Waals surface area contributed by atoms with Crippen LogP contribution in [0.1, 0.15) is 16.1 Å². The van der Waals surface area contributed by atoms with Gasteiger partial charge in [0.05, 0.1) is 6.61 Å². The van der Waals surface area contributed by atoms with Gasteiger partial charge in [-0.1, -0.05) is 30.3 Å². The van der Waals surface area contributed by atoms with Gasteiger partial charge in [0.15, 0.2) is 0 Å². The van der Waals surface area contributed by atoms with Crippen molar-refractivity contribution in [3.8, 4) is 0 Å². The Kier molecular flexibility index (Phi) is 6.32. The number of benzene rings is 1. The molecule has 1 amide bonds. The zero-order valence-corrected chi connectivity index (χ0v) is 12.6. The molecule has 0 bridgehead atoms. The standard InChI is InChI=1S/C16H20N4O2/c1-22-10-9-17-15-11-14(19-12-20-15)16(21)18-8-7-13-5-3-2-4-6-13/h2-6,11-12H,7-10H2,1H3,(H,18,21)(H,17,19,20). The monoisotopic (exact) mass is 300 g/mol. The average molecular weight is 300 g/mol. The van der Waals surface area contributed by atoms with E-state index in [1.165, 1.54) is 11.9 Å². The van der Waals surface area contributed by atoms with Gasteiger partial charge in [0.1, 0.15) is 17.8 Å². The Bertz CT molecular complexity index is 590. The molecule has 6 heteroatoms. The lowest BCUT2D eigenvalue weighted by Gasteiger charge is -2.07. The third-order valence-electron chi connectivity index (χ3n) is 3.05. The molecule has 0 fully saturated rings. The predicted octanol–water partition coefficient (Wildman–Crippen LogP) is 1.51. The Morgan fingerprint density at radius 2 is 2.00 bits per heavy atom. The summed E-state index contributed by atoms with van der Waals surface area (Å²) in [7, 11) is 1.63. The summed E-state index contributed by atoms with van der Waals surface area (Å²) in [6.07, 6.45) is 2.16. The maximum atomic E-state index is 12.1. The summed E-state index contributed by atoms with van der Waals surface area (Å²) >= 11 is 0. The number of nitrogens with one attached hydrogen (secondary N) is 2. The normalized spacial score (nSPS) is 10.2. The van der Waals surface area contributed by atoms with E-state index in [2.05, 4.69) is 20.6 Å². The van der Waals surface area contributed by atoms with E-state index in [1.54, 1.807) is 13.2 Å². The number of hydrogen-bond donors (Lipinski definition) is 2. The van der Waals surface area contributed by atoms with E-state index in [0.717, 1.165) is 6.42 Å². The van der Waals surface area contributed by atoms with Crippen LogP contribution in [0.5, 0.6) is 0 Å². The van der Waals surface area contributed by atoms with Gasteiger partial charge in [-0.05, 0) is 12.0 Å². The Labute approximate surface area is 129 Å². The van der Waals surface area contributed by atoms with Crippen molar-refractivity contribution in [2.24, 2.45) is 0 Å². The summed E-state index contributed by atoms with van der Waals surface area (Å²) in [6, 6.07) is 11.6. The molecule has 0 aliphatic carbocycles. The molecule has 6 nitrogen and oxygen atoms in total. The van der Waals surface area contributed by atoms with E-state index in [9.17, 15) is 4.79 Å². The van der Waals surface area contributed by atoms with Gasteiger partial charge >= 0.3 is 0 Å². The summed E-state index contributed by atoms with van der Waals surface area (Å²) in [5.41, 5.74) is 1.54. The molecule has 1 aromatic heterocycles. The van der Waals surface area contributed by atoms with E-state index in [4.69, 9.17) is 4.74 Å². The first kappa shape index (κ1) is 15.9. The van der Waals surface area contributed by atoms with Gasteiger partial charge in [-0.3, -0.25) is 4.79 Å². The summed E-state index contributed by atoms with van der Waals surface area (Å²) in [4.78, 5) is 20.1. The Balaban J connectivity index is 1.82. The third-order valence-corrected chi connectivity index (χ3v) is 3.05. The van der Waals surface area contributed by atoms with Crippen molar-refractivity contribution in [1.29, 1.82) is 0 Å². The molecule has 0 aliphatic heterocycles. The largest absolute Gasteiger partial charge is 0.383 e. The van der Waals surface area contributed by atoms with Crippen LogP contribution in [-0.2, 0) is 11.2 Å². The zero-order chi connectivity index (χ0) is 15.6. The van der Waals surface area contributed by atoms with Crippen LogP contribution in [0.25, 0.3) is 0 Å². The van der Waals surface area contributed by atoms with Gasteiger partial charge in [-0.25, -0.2) is 9.97 Å². The van der Waals surface area contributed by atoms with Crippen molar-refractivity contribution < 1.29 is 9.53 Å². The molecule has 0 atom stereocenters. The zero-order valence-electron chi connectivity index (χ0n) is 12.6. The van der Waals surface area contributed by atoms with Crippen molar-refractivity contribution in [2.45, 2.75) is 6.42 Å². The lowest BCUT2D eigenvalue weighted by molar-refractivity contribution is 0.0949. The second kappa shape index (κ2) is 8.74. The van der Waals surface area contributed by atoms with Crippen LogP contribution < -0.4 is 10.6 Å². The summed E-state index contributed by atoms with van der Waals surface area (Å²) in [5.74, 6) is 0.411. The van der Waals surface area contributed by atoms with E-state index in [1.807, 2.05) is 30.3 Å². The molecular weight excluding hydrogens is 280 g/mol. The fourth-order valence-electron chi connectivity index (χ4n) is 1.91. The number of ether oxygens (including phenoxy) is 1. The fraction of sp³-hybridized carbons (Fsp3) is 0.312. The quantitative estimate of drug-likeness (QED) is 0.723. The molecule has 116 valence electrons. The maximum absolute atomic E-state index is 12.1. The van der Waals surface area contributed by atoms with Crippen molar-refractivity contribution in [2.75, 3.05) is 32.1 Å². The number of anilines is 1. The number of carbonyl (C=O) groups excluding carboxylic acids is 1. The first-order chi connectivity index (χ1) is 10.8. The number of hydrogen-bond acceptors (Lipinski definition) is 5.